The van der Waals surface area contributed by atoms with Crippen molar-refractivity contribution < 1.29 is 4.79 Å². The maximum absolute atomic E-state index is 11.4. The summed E-state index contributed by atoms with van der Waals surface area (Å²) in [5, 5.41) is 0. The highest BCUT2D eigenvalue weighted by Gasteiger charge is 2.28. The van der Waals surface area contributed by atoms with Crippen molar-refractivity contribution >= 4 is 28.4 Å². The van der Waals surface area contributed by atoms with E-state index in [2.05, 4.69) is 16.4 Å². The zero-order valence-corrected chi connectivity index (χ0v) is 9.05. The molecule has 0 aliphatic heterocycles. The van der Waals surface area contributed by atoms with Gasteiger partial charge in [0.05, 0.1) is 5.54 Å². The topological polar surface area (TPSA) is 29.1 Å². The molecule has 0 fully saturated rings. The average Bonchev–Trinajstić information content (AvgIpc) is 1.86. The molecule has 0 aromatic rings. The fourth-order valence-electron chi connectivity index (χ4n) is 0.886. The maximum atomic E-state index is 11.4. The van der Waals surface area contributed by atoms with Crippen LogP contribution < -0.4 is 4.72 Å². The normalized spacial score (nSPS) is 12.2. The van der Waals surface area contributed by atoms with Crippen molar-refractivity contribution in [2.45, 2.75) is 33.2 Å². The molecule has 66 valence electrons. The van der Waals surface area contributed by atoms with Crippen LogP contribution >= 0.6 is 22.6 Å². The molecule has 0 atom stereocenters. The van der Waals surface area contributed by atoms with Crippen LogP contribution in [0.4, 0.5) is 0 Å². The first-order chi connectivity index (χ1) is 4.91. The summed E-state index contributed by atoms with van der Waals surface area (Å²) < 4.78 is 2.93. The summed E-state index contributed by atoms with van der Waals surface area (Å²) in [4.78, 5) is 11.4. The molecule has 2 nitrogen and oxygen atoms in total. The Hall–Kier alpha value is 0.330. The minimum absolute atomic E-state index is 0.0676. The Morgan fingerprint density at radius 2 is 2.00 bits per heavy atom. The molecule has 0 aromatic carbocycles. The molecule has 0 rings (SSSR count). The Morgan fingerprint density at radius 3 is 2.27 bits per heavy atom. The third-order valence-corrected chi connectivity index (χ3v) is 2.32. The van der Waals surface area contributed by atoms with Crippen LogP contribution in [0.1, 0.15) is 27.7 Å². The Kier molecular flexibility index (Phi) is 4.51. The van der Waals surface area contributed by atoms with Crippen molar-refractivity contribution in [3.8, 4) is 0 Å². The maximum Gasteiger partial charge on any atom is 0.155 e. The van der Waals surface area contributed by atoms with Gasteiger partial charge in [-0.25, -0.2) is 4.72 Å². The largest absolute Gasteiger partial charge is 0.297 e. The predicted molar refractivity (Wildman–Crippen MR) is 53.6 cm³/mol. The van der Waals surface area contributed by atoms with Crippen LogP contribution in [0.5, 0.6) is 0 Å². The summed E-state index contributed by atoms with van der Waals surface area (Å²) >= 11 is 3.93. The molecule has 11 heavy (non-hydrogen) atoms. The van der Waals surface area contributed by atoms with E-state index < -0.39 is 5.54 Å². The molecule has 4 heteroatoms. The molecule has 0 unspecified atom stereocenters. The lowest BCUT2D eigenvalue weighted by Gasteiger charge is -2.24. The molecule has 0 amide bonds. The minimum Gasteiger partial charge on any atom is -0.297 e. The molecular weight excluding hydrogens is 178 g/mol. The van der Waals surface area contributed by atoms with Crippen LogP contribution in [0.2, 0.25) is 0 Å². The number of carbonyl (C=O) groups is 1. The highest BCUT2D eigenvalue weighted by molar-refractivity contribution is 8.67. The number of Topliss-reactive ketones (excluding diaryl/α,β-unsaturated/α-hetero) is 1. The predicted octanol–water partition coefficient (Wildman–Crippen LogP) is 2.07. The number of carbonyl (C=O) groups excluding carboxylic acids is 1. The summed E-state index contributed by atoms with van der Waals surface area (Å²) in [6, 6.07) is 0. The molecule has 0 radical (unpaired) electrons. The Bertz CT molecular complexity index is 145. The van der Waals surface area contributed by atoms with Gasteiger partial charge in [0.2, 0.25) is 0 Å². The molecular formula is C7H15NOS2. The Labute approximate surface area is 77.5 Å². The van der Waals surface area contributed by atoms with Crippen LogP contribution in [-0.2, 0) is 4.79 Å². The molecule has 0 heterocycles. The van der Waals surface area contributed by atoms with Crippen molar-refractivity contribution in [1.29, 1.82) is 0 Å². The van der Waals surface area contributed by atoms with Gasteiger partial charge in [0.15, 0.2) is 5.78 Å². The van der Waals surface area contributed by atoms with Gasteiger partial charge < -0.3 is 0 Å². The summed E-state index contributed by atoms with van der Waals surface area (Å²) in [5.41, 5.74) is -0.472. The highest BCUT2D eigenvalue weighted by Crippen LogP contribution is 2.15. The van der Waals surface area contributed by atoms with Crippen LogP contribution in [0, 0.1) is 5.92 Å². The van der Waals surface area contributed by atoms with Crippen molar-refractivity contribution in [3.05, 3.63) is 0 Å². The fourth-order valence-corrected chi connectivity index (χ4v) is 1.90. The molecule has 0 bridgehead atoms. The van der Waals surface area contributed by atoms with Crippen molar-refractivity contribution in [2.24, 2.45) is 5.92 Å². The molecule has 0 aliphatic carbocycles. The molecule has 0 saturated carbocycles. The first-order valence-corrected chi connectivity index (χ1v) is 5.40. The fraction of sp³-hybridized carbons (Fsp3) is 0.857. The summed E-state index contributed by atoms with van der Waals surface area (Å²) in [5.74, 6) is 0.275. The second kappa shape index (κ2) is 4.38. The third kappa shape index (κ3) is 3.49. The number of thiol groups is 1. The van der Waals surface area contributed by atoms with Crippen molar-refractivity contribution in [2.75, 3.05) is 0 Å². The van der Waals surface area contributed by atoms with Gasteiger partial charge in [-0.05, 0) is 24.8 Å². The van der Waals surface area contributed by atoms with E-state index >= 15 is 0 Å². The third-order valence-electron chi connectivity index (χ3n) is 1.44. The number of ketones is 1. The molecule has 1 N–H and O–H groups in total. The van der Waals surface area contributed by atoms with Gasteiger partial charge in [0.25, 0.3) is 0 Å². The number of rotatable bonds is 4. The quantitative estimate of drug-likeness (QED) is 0.407. The highest BCUT2D eigenvalue weighted by atomic mass is 33.1. The number of nitrogens with one attached hydrogen (secondary N) is 1. The van der Waals surface area contributed by atoms with E-state index in [1.165, 1.54) is 11.0 Å². The summed E-state index contributed by atoms with van der Waals surface area (Å²) in [7, 11) is 1.18. The standard InChI is InChI=1S/C7H15NOS2/c1-5(2)6(9)7(3,4)8-11-10/h5,8,10H,1-4H3. The van der Waals surface area contributed by atoms with E-state index in [0.717, 1.165) is 0 Å². The Balaban J connectivity index is 4.17. The van der Waals surface area contributed by atoms with Gasteiger partial charge in [0, 0.05) is 5.92 Å². The van der Waals surface area contributed by atoms with Gasteiger partial charge in [-0.2, -0.15) is 0 Å². The van der Waals surface area contributed by atoms with Crippen LogP contribution in [0.25, 0.3) is 0 Å². The zero-order chi connectivity index (χ0) is 9.07. The lowest BCUT2D eigenvalue weighted by atomic mass is 9.92. The van der Waals surface area contributed by atoms with Crippen LogP contribution in [0.3, 0.4) is 0 Å². The van der Waals surface area contributed by atoms with Gasteiger partial charge in [-0.1, -0.05) is 25.5 Å². The van der Waals surface area contributed by atoms with Gasteiger partial charge in [-0.15, -0.1) is 0 Å². The summed E-state index contributed by atoms with van der Waals surface area (Å²) in [6.45, 7) is 7.51. The van der Waals surface area contributed by atoms with E-state index in [9.17, 15) is 4.79 Å². The SMILES string of the molecule is CC(C)C(=O)C(C)(C)NSS. The van der Waals surface area contributed by atoms with Crippen molar-refractivity contribution in [3.63, 3.8) is 0 Å². The molecule has 0 spiro atoms. The van der Waals surface area contributed by atoms with E-state index in [4.69, 9.17) is 0 Å². The van der Waals surface area contributed by atoms with E-state index in [1.54, 1.807) is 0 Å². The van der Waals surface area contributed by atoms with Crippen LogP contribution in [-0.4, -0.2) is 11.3 Å². The monoisotopic (exact) mass is 193 g/mol. The summed E-state index contributed by atoms with van der Waals surface area (Å²) in [6.07, 6.45) is 0. The first kappa shape index (κ1) is 11.3. The average molecular weight is 193 g/mol. The van der Waals surface area contributed by atoms with Crippen molar-refractivity contribution in [1.82, 2.24) is 4.72 Å². The second-order valence-corrected chi connectivity index (χ2v) is 4.27. The van der Waals surface area contributed by atoms with Crippen LogP contribution in [0.15, 0.2) is 0 Å². The molecule has 0 saturated heterocycles. The minimum atomic E-state index is -0.472. The molecule has 0 aromatic heterocycles. The van der Waals surface area contributed by atoms with E-state index in [-0.39, 0.29) is 11.7 Å². The van der Waals surface area contributed by atoms with Gasteiger partial charge >= 0.3 is 0 Å². The zero-order valence-electron chi connectivity index (χ0n) is 7.34. The van der Waals surface area contributed by atoms with Gasteiger partial charge in [-0.3, -0.25) is 4.79 Å². The number of hydrogen-bond donors (Lipinski definition) is 2. The van der Waals surface area contributed by atoms with E-state index in [0.29, 0.717) is 0 Å². The van der Waals surface area contributed by atoms with Gasteiger partial charge in [0.1, 0.15) is 0 Å². The second-order valence-electron chi connectivity index (χ2n) is 3.34. The first-order valence-electron chi connectivity index (χ1n) is 3.53. The lowest BCUT2D eigenvalue weighted by molar-refractivity contribution is -0.126. The van der Waals surface area contributed by atoms with E-state index in [1.807, 2.05) is 27.7 Å². The Morgan fingerprint density at radius 1 is 1.55 bits per heavy atom. The molecule has 0 aliphatic rings. The lowest BCUT2D eigenvalue weighted by Crippen LogP contribution is -2.44. The number of hydrogen-bond acceptors (Lipinski definition) is 4. The smallest absolute Gasteiger partial charge is 0.155 e.